The summed E-state index contributed by atoms with van der Waals surface area (Å²) in [5, 5.41) is 5.41. The van der Waals surface area contributed by atoms with Crippen molar-refractivity contribution in [1.29, 1.82) is 0 Å². The Morgan fingerprint density at radius 3 is 2.35 bits per heavy atom. The summed E-state index contributed by atoms with van der Waals surface area (Å²) in [6.07, 6.45) is 0. The number of rotatable bonds is 3. The molecular weight excluding hydrogens is 234 g/mol. The summed E-state index contributed by atoms with van der Waals surface area (Å²) in [7, 11) is 4.20. The summed E-state index contributed by atoms with van der Waals surface area (Å²) in [5.74, 6) is 0. The van der Waals surface area contributed by atoms with Gasteiger partial charge in [-0.1, -0.05) is 29.8 Å². The van der Waals surface area contributed by atoms with Crippen LogP contribution in [0.2, 0.25) is 5.02 Å². The monoisotopic (exact) mass is 253 g/mol. The van der Waals surface area contributed by atoms with Crippen LogP contribution in [0, 0.1) is 0 Å². The van der Waals surface area contributed by atoms with Crippen LogP contribution in [-0.2, 0) is 6.54 Å². The van der Waals surface area contributed by atoms with Crippen molar-refractivity contribution in [1.82, 2.24) is 14.9 Å². The standard InChI is InChI=1S/C13H20ClN3/c1-15(2)17-9-7-16(8-10-17)11-12-5-3-4-6-13(12)14/h3-6H,7-11H2,1-2H3. The molecule has 0 amide bonds. The summed E-state index contributed by atoms with van der Waals surface area (Å²) >= 11 is 6.18. The second kappa shape index (κ2) is 5.83. The quantitative estimate of drug-likeness (QED) is 0.815. The smallest absolute Gasteiger partial charge is 0.0451 e. The molecule has 1 aromatic rings. The maximum atomic E-state index is 6.18. The van der Waals surface area contributed by atoms with Crippen molar-refractivity contribution in [2.24, 2.45) is 0 Å². The van der Waals surface area contributed by atoms with E-state index in [9.17, 15) is 0 Å². The summed E-state index contributed by atoms with van der Waals surface area (Å²) in [6.45, 7) is 5.35. The maximum Gasteiger partial charge on any atom is 0.0451 e. The third-order valence-electron chi connectivity index (χ3n) is 3.27. The van der Waals surface area contributed by atoms with E-state index in [-0.39, 0.29) is 0 Å². The summed E-state index contributed by atoms with van der Waals surface area (Å²) in [6, 6.07) is 8.11. The lowest BCUT2D eigenvalue weighted by atomic mass is 10.2. The van der Waals surface area contributed by atoms with Crippen molar-refractivity contribution >= 4 is 11.6 Å². The third kappa shape index (κ3) is 3.42. The van der Waals surface area contributed by atoms with E-state index in [2.05, 4.69) is 41.1 Å². The first kappa shape index (κ1) is 12.8. The van der Waals surface area contributed by atoms with E-state index in [4.69, 9.17) is 11.6 Å². The highest BCUT2D eigenvalue weighted by Gasteiger charge is 2.18. The van der Waals surface area contributed by atoms with E-state index >= 15 is 0 Å². The molecule has 1 aliphatic rings. The highest BCUT2D eigenvalue weighted by atomic mass is 35.5. The summed E-state index contributed by atoms with van der Waals surface area (Å²) in [4.78, 5) is 2.46. The molecule has 1 fully saturated rings. The molecule has 0 N–H and O–H groups in total. The molecule has 1 saturated heterocycles. The van der Waals surface area contributed by atoms with Gasteiger partial charge in [0.2, 0.25) is 0 Å². The molecule has 0 bridgehead atoms. The van der Waals surface area contributed by atoms with Gasteiger partial charge in [-0.2, -0.15) is 0 Å². The molecule has 0 spiro atoms. The second-order valence-electron chi connectivity index (χ2n) is 4.67. The van der Waals surface area contributed by atoms with E-state index in [0.717, 1.165) is 37.7 Å². The summed E-state index contributed by atoms with van der Waals surface area (Å²) in [5.41, 5.74) is 1.23. The van der Waals surface area contributed by atoms with E-state index in [1.165, 1.54) is 5.56 Å². The Morgan fingerprint density at radius 1 is 1.12 bits per heavy atom. The first-order valence-corrected chi connectivity index (χ1v) is 6.42. The van der Waals surface area contributed by atoms with Gasteiger partial charge in [0.15, 0.2) is 0 Å². The fourth-order valence-corrected chi connectivity index (χ4v) is 2.36. The number of hydrogen-bond acceptors (Lipinski definition) is 3. The molecule has 0 aromatic heterocycles. The zero-order valence-electron chi connectivity index (χ0n) is 10.6. The fourth-order valence-electron chi connectivity index (χ4n) is 2.16. The van der Waals surface area contributed by atoms with Crippen molar-refractivity contribution in [3.8, 4) is 0 Å². The minimum atomic E-state index is 0.877. The SMILES string of the molecule is CN(C)N1CCN(Cc2ccccc2Cl)CC1. The Balaban J connectivity index is 1.88. The molecule has 0 saturated carbocycles. The Kier molecular flexibility index (Phi) is 4.40. The van der Waals surface area contributed by atoms with E-state index in [0.29, 0.717) is 0 Å². The lowest BCUT2D eigenvalue weighted by Gasteiger charge is -2.38. The molecule has 94 valence electrons. The molecular formula is C13H20ClN3. The average Bonchev–Trinajstić information content (AvgIpc) is 2.33. The van der Waals surface area contributed by atoms with Gasteiger partial charge < -0.3 is 0 Å². The molecule has 1 aromatic carbocycles. The molecule has 0 atom stereocenters. The highest BCUT2D eigenvalue weighted by molar-refractivity contribution is 6.31. The fraction of sp³-hybridized carbons (Fsp3) is 0.538. The van der Waals surface area contributed by atoms with Gasteiger partial charge in [0.25, 0.3) is 0 Å². The maximum absolute atomic E-state index is 6.18. The van der Waals surface area contributed by atoms with Crippen molar-refractivity contribution < 1.29 is 0 Å². The average molecular weight is 254 g/mol. The van der Waals surface area contributed by atoms with Crippen molar-refractivity contribution in [2.45, 2.75) is 6.54 Å². The van der Waals surface area contributed by atoms with Crippen LogP contribution in [0.3, 0.4) is 0 Å². The number of nitrogens with zero attached hydrogens (tertiary/aromatic N) is 3. The third-order valence-corrected chi connectivity index (χ3v) is 3.63. The van der Waals surface area contributed by atoms with Crippen LogP contribution in [0.4, 0.5) is 0 Å². The first-order chi connectivity index (χ1) is 8.16. The van der Waals surface area contributed by atoms with Crippen LogP contribution in [0.25, 0.3) is 0 Å². The van der Waals surface area contributed by atoms with Crippen LogP contribution in [0.1, 0.15) is 5.56 Å². The van der Waals surface area contributed by atoms with Crippen molar-refractivity contribution in [3.63, 3.8) is 0 Å². The molecule has 4 heteroatoms. The van der Waals surface area contributed by atoms with E-state index in [1.807, 2.05) is 12.1 Å². The van der Waals surface area contributed by atoms with Crippen LogP contribution < -0.4 is 0 Å². The zero-order chi connectivity index (χ0) is 12.3. The van der Waals surface area contributed by atoms with Crippen LogP contribution >= 0.6 is 11.6 Å². The minimum absolute atomic E-state index is 0.877. The number of hydrogen-bond donors (Lipinski definition) is 0. The lowest BCUT2D eigenvalue weighted by molar-refractivity contribution is -0.0205. The predicted octanol–water partition coefficient (Wildman–Crippen LogP) is 1.93. The number of halogens is 1. The van der Waals surface area contributed by atoms with Gasteiger partial charge in [-0.05, 0) is 11.6 Å². The molecule has 1 aliphatic heterocycles. The van der Waals surface area contributed by atoms with Gasteiger partial charge in [-0.25, -0.2) is 10.0 Å². The summed E-state index contributed by atoms with van der Waals surface area (Å²) < 4.78 is 0. The molecule has 0 aliphatic carbocycles. The molecule has 17 heavy (non-hydrogen) atoms. The Labute approximate surface area is 109 Å². The lowest BCUT2D eigenvalue weighted by Crippen LogP contribution is -2.50. The van der Waals surface area contributed by atoms with Gasteiger partial charge in [0.05, 0.1) is 0 Å². The Hall–Kier alpha value is -0.610. The zero-order valence-corrected chi connectivity index (χ0v) is 11.3. The number of benzene rings is 1. The number of hydrazine groups is 1. The second-order valence-corrected chi connectivity index (χ2v) is 5.08. The van der Waals surface area contributed by atoms with Gasteiger partial charge in [0, 0.05) is 51.8 Å². The molecule has 1 heterocycles. The normalized spacial score (nSPS) is 18.8. The molecule has 3 nitrogen and oxygen atoms in total. The molecule has 2 rings (SSSR count). The van der Waals surface area contributed by atoms with Crippen LogP contribution in [0.5, 0.6) is 0 Å². The largest absolute Gasteiger partial charge is 0.296 e. The van der Waals surface area contributed by atoms with Crippen LogP contribution in [0.15, 0.2) is 24.3 Å². The Morgan fingerprint density at radius 2 is 1.76 bits per heavy atom. The minimum Gasteiger partial charge on any atom is -0.296 e. The van der Waals surface area contributed by atoms with Crippen LogP contribution in [-0.4, -0.2) is 55.2 Å². The van der Waals surface area contributed by atoms with E-state index < -0.39 is 0 Å². The predicted molar refractivity (Wildman–Crippen MR) is 72.0 cm³/mol. The van der Waals surface area contributed by atoms with Gasteiger partial charge in [-0.3, -0.25) is 4.90 Å². The number of piperazine rings is 1. The topological polar surface area (TPSA) is 9.72 Å². The van der Waals surface area contributed by atoms with Crippen molar-refractivity contribution in [3.05, 3.63) is 34.9 Å². The first-order valence-electron chi connectivity index (χ1n) is 6.05. The van der Waals surface area contributed by atoms with Gasteiger partial charge in [-0.15, -0.1) is 0 Å². The highest BCUT2D eigenvalue weighted by Crippen LogP contribution is 2.17. The van der Waals surface area contributed by atoms with E-state index in [1.54, 1.807) is 0 Å². The molecule has 0 unspecified atom stereocenters. The van der Waals surface area contributed by atoms with Crippen molar-refractivity contribution in [2.75, 3.05) is 40.3 Å². The Bertz CT molecular complexity index is 359. The van der Waals surface area contributed by atoms with Gasteiger partial charge in [0.1, 0.15) is 0 Å². The molecule has 0 radical (unpaired) electrons. The van der Waals surface area contributed by atoms with Gasteiger partial charge >= 0.3 is 0 Å².